The Morgan fingerprint density at radius 2 is 2.14 bits per heavy atom. The van der Waals surface area contributed by atoms with Crippen LogP contribution < -0.4 is 14.8 Å². The van der Waals surface area contributed by atoms with Gasteiger partial charge in [0.2, 0.25) is 0 Å². The number of pyridine rings is 2. The van der Waals surface area contributed by atoms with E-state index in [1.165, 1.54) is 37.1 Å². The number of ether oxygens (including phenoxy) is 2. The molecule has 6 unspecified atom stereocenters. The van der Waals surface area contributed by atoms with E-state index < -0.39 is 11.9 Å². The number of methoxy groups -OCH3 is 1. The van der Waals surface area contributed by atoms with Crippen LogP contribution in [0.1, 0.15) is 42.3 Å². The van der Waals surface area contributed by atoms with Crippen LogP contribution in [0, 0.1) is 41.9 Å². The fourth-order valence-electron chi connectivity index (χ4n) is 8.67. The van der Waals surface area contributed by atoms with E-state index in [1.807, 2.05) is 12.3 Å². The van der Waals surface area contributed by atoms with E-state index in [-0.39, 0.29) is 12.1 Å². The normalized spacial score (nSPS) is 27.9. The predicted octanol–water partition coefficient (Wildman–Crippen LogP) is 3.21. The summed E-state index contributed by atoms with van der Waals surface area (Å²) < 4.78 is 29.2. The maximum absolute atomic E-state index is 13.5. The van der Waals surface area contributed by atoms with Crippen molar-refractivity contribution in [3.8, 4) is 28.9 Å². The first-order chi connectivity index (χ1) is 20.9. The Bertz CT molecular complexity index is 1760. The standard InChI is InChI=1S/C31H33FN8O3/c1-17-24-14-38(31-9-18-7-22(31)21(10-31)29(18)35-16-33)5-6-39(24)37-28(17)19-8-25(30-26(42-2)12-36-40(30)13-19)43-27(15-41)23-4-3-20(32)11-34-23/h3-4,8,11-13,18,21-22,27,29,35,41H,5-7,9-10,14-15H2,1-2H3. The summed E-state index contributed by atoms with van der Waals surface area (Å²) in [5, 5.41) is 32.0. The number of aliphatic hydroxyl groups excluding tert-OH is 1. The van der Waals surface area contributed by atoms with Crippen LogP contribution in [0.4, 0.5) is 4.39 Å². The molecule has 222 valence electrons. The van der Waals surface area contributed by atoms with E-state index in [1.54, 1.807) is 17.8 Å². The van der Waals surface area contributed by atoms with Crippen molar-refractivity contribution >= 4 is 5.52 Å². The summed E-state index contributed by atoms with van der Waals surface area (Å²) >= 11 is 0. The van der Waals surface area contributed by atoms with Crippen molar-refractivity contribution in [2.75, 3.05) is 20.3 Å². The van der Waals surface area contributed by atoms with Crippen LogP contribution in [-0.2, 0) is 13.1 Å². The quantitative estimate of drug-likeness (QED) is 0.237. The Hall–Kier alpha value is -4.21. The molecule has 8 rings (SSSR count). The van der Waals surface area contributed by atoms with Gasteiger partial charge in [0.05, 0.1) is 49.7 Å². The fourth-order valence-corrected chi connectivity index (χ4v) is 8.67. The van der Waals surface area contributed by atoms with E-state index in [9.17, 15) is 14.8 Å². The molecule has 4 aliphatic rings. The number of aliphatic hydroxyl groups is 1. The number of fused-ring (bicyclic) bond motifs is 3. The lowest BCUT2D eigenvalue weighted by atomic mass is 9.55. The lowest BCUT2D eigenvalue weighted by molar-refractivity contribution is -0.109. The number of nitrogens with zero attached hydrogens (tertiary/aromatic N) is 7. The first-order valence-electron chi connectivity index (χ1n) is 14.8. The van der Waals surface area contributed by atoms with Crippen molar-refractivity contribution in [1.29, 1.82) is 5.26 Å². The summed E-state index contributed by atoms with van der Waals surface area (Å²) in [6.07, 6.45) is 9.58. The van der Waals surface area contributed by atoms with Crippen LogP contribution in [0.3, 0.4) is 0 Å². The Balaban J connectivity index is 1.11. The Morgan fingerprint density at radius 1 is 1.26 bits per heavy atom. The molecule has 0 amide bonds. The highest BCUT2D eigenvalue weighted by molar-refractivity contribution is 5.75. The van der Waals surface area contributed by atoms with Crippen molar-refractivity contribution in [3.05, 3.63) is 59.6 Å². The third-order valence-corrected chi connectivity index (χ3v) is 10.6. The number of hydrogen-bond acceptors (Lipinski definition) is 9. The molecule has 43 heavy (non-hydrogen) atoms. The van der Waals surface area contributed by atoms with Crippen molar-refractivity contribution in [1.82, 2.24) is 34.6 Å². The zero-order valence-electron chi connectivity index (χ0n) is 24.1. The predicted molar refractivity (Wildman–Crippen MR) is 152 cm³/mol. The minimum absolute atomic E-state index is 0.254. The number of aromatic nitrogens is 5. The number of nitriles is 1. The SMILES string of the molecule is COc1cnn2cc(-c3nn4c(c3C)CN(C35CC6CC3C(C5)C6NC#N)CC4)cc(OC(CO)c3ccc(F)cn3)c12. The molecule has 11 nitrogen and oxygen atoms in total. The Kier molecular flexibility index (Phi) is 5.93. The van der Waals surface area contributed by atoms with E-state index in [0.717, 1.165) is 42.7 Å². The highest BCUT2D eigenvalue weighted by atomic mass is 19.1. The molecule has 3 aliphatic carbocycles. The Morgan fingerprint density at radius 3 is 2.86 bits per heavy atom. The summed E-state index contributed by atoms with van der Waals surface area (Å²) in [6, 6.07) is 5.06. The van der Waals surface area contributed by atoms with Crippen LogP contribution in [0.25, 0.3) is 16.8 Å². The number of halogens is 1. The van der Waals surface area contributed by atoms with Gasteiger partial charge in [-0.15, -0.1) is 0 Å². The van der Waals surface area contributed by atoms with Gasteiger partial charge in [-0.2, -0.15) is 15.5 Å². The van der Waals surface area contributed by atoms with Crippen molar-refractivity contribution < 1.29 is 19.0 Å². The minimum atomic E-state index is -0.820. The summed E-state index contributed by atoms with van der Waals surface area (Å²) in [7, 11) is 1.57. The van der Waals surface area contributed by atoms with Gasteiger partial charge in [0, 0.05) is 36.4 Å². The molecule has 0 radical (unpaired) electrons. The van der Waals surface area contributed by atoms with Crippen molar-refractivity contribution in [2.24, 2.45) is 17.8 Å². The molecule has 12 heteroatoms. The van der Waals surface area contributed by atoms with E-state index >= 15 is 0 Å². The van der Waals surface area contributed by atoms with Crippen molar-refractivity contribution in [2.45, 2.75) is 57.0 Å². The maximum atomic E-state index is 13.5. The highest BCUT2D eigenvalue weighted by Gasteiger charge is 2.70. The molecular weight excluding hydrogens is 551 g/mol. The molecule has 1 aliphatic heterocycles. The smallest absolute Gasteiger partial charge is 0.176 e. The van der Waals surface area contributed by atoms with E-state index in [2.05, 4.69) is 38.1 Å². The van der Waals surface area contributed by atoms with Crippen LogP contribution in [0.2, 0.25) is 0 Å². The van der Waals surface area contributed by atoms with Crippen molar-refractivity contribution in [3.63, 3.8) is 0 Å². The Labute approximate surface area is 247 Å². The molecule has 5 heterocycles. The molecule has 4 aromatic rings. The zero-order chi connectivity index (χ0) is 29.5. The lowest BCUT2D eigenvalue weighted by Crippen LogP contribution is -2.68. The van der Waals surface area contributed by atoms with Gasteiger partial charge in [0.15, 0.2) is 29.3 Å². The summed E-state index contributed by atoms with van der Waals surface area (Å²) in [5.41, 5.74) is 5.30. The highest BCUT2D eigenvalue weighted by Crippen LogP contribution is 2.68. The van der Waals surface area contributed by atoms with Crippen LogP contribution >= 0.6 is 0 Å². The molecule has 0 saturated heterocycles. The van der Waals surface area contributed by atoms with E-state index in [0.29, 0.717) is 46.5 Å². The van der Waals surface area contributed by atoms with Gasteiger partial charge in [-0.1, -0.05) is 0 Å². The number of hydrogen-bond donors (Lipinski definition) is 2. The number of rotatable bonds is 8. The third kappa shape index (κ3) is 3.81. The molecule has 0 aromatic carbocycles. The lowest BCUT2D eigenvalue weighted by Gasteiger charge is -2.61. The average molecular weight is 585 g/mol. The van der Waals surface area contributed by atoms with Gasteiger partial charge in [0.25, 0.3) is 0 Å². The monoisotopic (exact) mass is 584 g/mol. The largest absolute Gasteiger partial charge is 0.493 e. The topological polar surface area (TPSA) is 126 Å². The fraction of sp³-hybridized carbons (Fsp3) is 0.484. The van der Waals surface area contributed by atoms with Gasteiger partial charge in [-0.25, -0.2) is 8.91 Å². The van der Waals surface area contributed by atoms with Crippen LogP contribution in [0.15, 0.2) is 36.8 Å². The maximum Gasteiger partial charge on any atom is 0.176 e. The molecule has 6 atom stereocenters. The van der Waals surface area contributed by atoms with Gasteiger partial charge in [0.1, 0.15) is 5.82 Å². The molecule has 4 aromatic heterocycles. The van der Waals surface area contributed by atoms with Gasteiger partial charge in [-0.05, 0) is 67.7 Å². The van der Waals surface area contributed by atoms with Crippen LogP contribution in [-0.4, -0.2) is 66.2 Å². The summed E-state index contributed by atoms with van der Waals surface area (Å²) in [5.74, 6) is 2.40. The summed E-state index contributed by atoms with van der Waals surface area (Å²) in [6.45, 7) is 4.42. The average Bonchev–Trinajstić information content (AvgIpc) is 3.74. The first-order valence-corrected chi connectivity index (χ1v) is 14.8. The van der Waals surface area contributed by atoms with Gasteiger partial charge in [-0.3, -0.25) is 14.6 Å². The molecule has 0 spiro atoms. The second kappa shape index (κ2) is 9.65. The van der Waals surface area contributed by atoms with Crippen LogP contribution in [0.5, 0.6) is 11.5 Å². The second-order valence-electron chi connectivity index (χ2n) is 12.4. The van der Waals surface area contributed by atoms with E-state index in [4.69, 9.17) is 14.6 Å². The molecule has 3 saturated carbocycles. The first kappa shape index (κ1) is 26.4. The molecule has 2 N–H and O–H groups in total. The molecule has 2 bridgehead atoms. The second-order valence-corrected chi connectivity index (χ2v) is 12.4. The third-order valence-electron chi connectivity index (χ3n) is 10.6. The van der Waals surface area contributed by atoms with Gasteiger partial charge >= 0.3 is 0 Å². The zero-order valence-corrected chi connectivity index (χ0v) is 24.1. The minimum Gasteiger partial charge on any atom is -0.493 e. The molecular formula is C31H33FN8O3. The van der Waals surface area contributed by atoms with Gasteiger partial charge < -0.3 is 19.9 Å². The molecule has 3 fully saturated rings. The summed E-state index contributed by atoms with van der Waals surface area (Å²) in [4.78, 5) is 6.82. The number of nitrogens with one attached hydrogen (secondary N) is 1.